The average molecular weight is 527 g/mol. The lowest BCUT2D eigenvalue weighted by molar-refractivity contribution is -0.134. The van der Waals surface area contributed by atoms with E-state index in [0.717, 1.165) is 12.8 Å². The lowest BCUT2D eigenvalue weighted by atomic mass is 10.0. The van der Waals surface area contributed by atoms with Gasteiger partial charge < -0.3 is 4.74 Å². The number of para-hydroxylation sites is 1. The summed E-state index contributed by atoms with van der Waals surface area (Å²) in [5, 5.41) is 0. The van der Waals surface area contributed by atoms with Crippen LogP contribution in [0.1, 0.15) is 174 Å². The van der Waals surface area contributed by atoms with E-state index in [2.05, 4.69) is 19.1 Å². The largest absolute Gasteiger partial charge is 0.427 e. The summed E-state index contributed by atoms with van der Waals surface area (Å²) in [6, 6.07) is 9.31. The van der Waals surface area contributed by atoms with Crippen LogP contribution >= 0.6 is 0 Å². The predicted molar refractivity (Wildman–Crippen MR) is 167 cm³/mol. The lowest BCUT2D eigenvalue weighted by Gasteiger charge is -2.04. The molecule has 38 heavy (non-hydrogen) atoms. The number of carbonyl (C=O) groups is 1. The second kappa shape index (κ2) is 28.4. The van der Waals surface area contributed by atoms with E-state index in [1.165, 1.54) is 148 Å². The van der Waals surface area contributed by atoms with Crippen LogP contribution in [0.5, 0.6) is 5.75 Å². The number of hydrogen-bond donors (Lipinski definition) is 0. The highest BCUT2D eigenvalue weighted by atomic mass is 16.5. The predicted octanol–water partition coefficient (Wildman–Crippen LogP) is 12.3. The van der Waals surface area contributed by atoms with Gasteiger partial charge in [0.2, 0.25) is 0 Å². The molecule has 0 N–H and O–H groups in total. The minimum atomic E-state index is -0.152. The van der Waals surface area contributed by atoms with Gasteiger partial charge in [-0.05, 0) is 31.4 Å². The molecule has 0 heterocycles. The Bertz CT molecular complexity index is 636. The number of esters is 1. The van der Waals surface area contributed by atoms with Gasteiger partial charge in [-0.25, -0.2) is 0 Å². The van der Waals surface area contributed by atoms with Crippen LogP contribution < -0.4 is 4.74 Å². The van der Waals surface area contributed by atoms with E-state index in [-0.39, 0.29) is 5.97 Å². The monoisotopic (exact) mass is 526 g/mol. The van der Waals surface area contributed by atoms with Gasteiger partial charge in [-0.15, -0.1) is 0 Å². The Morgan fingerprint density at radius 2 is 0.895 bits per heavy atom. The van der Waals surface area contributed by atoms with Crippen molar-refractivity contribution in [3.05, 3.63) is 42.5 Å². The van der Waals surface area contributed by atoms with Crippen molar-refractivity contribution in [1.29, 1.82) is 0 Å². The third kappa shape index (κ3) is 24.7. The first-order valence-corrected chi connectivity index (χ1v) is 16.7. The summed E-state index contributed by atoms with van der Waals surface area (Å²) in [6.45, 7) is 2.30. The molecule has 1 rings (SSSR count). The molecule has 0 bridgehead atoms. The van der Waals surface area contributed by atoms with Crippen LogP contribution in [0.3, 0.4) is 0 Å². The van der Waals surface area contributed by atoms with Crippen LogP contribution in [-0.4, -0.2) is 5.97 Å². The molecule has 0 aromatic heterocycles. The third-order valence-electron chi connectivity index (χ3n) is 7.63. The molecule has 0 aliphatic heterocycles. The Hall–Kier alpha value is -1.57. The minimum absolute atomic E-state index is 0.152. The van der Waals surface area contributed by atoms with Gasteiger partial charge in [-0.3, -0.25) is 4.79 Å². The van der Waals surface area contributed by atoms with Crippen molar-refractivity contribution in [3.8, 4) is 5.75 Å². The van der Waals surface area contributed by atoms with Gasteiger partial charge in [0.1, 0.15) is 5.75 Å². The molecule has 0 aliphatic rings. The summed E-state index contributed by atoms with van der Waals surface area (Å²) in [6.07, 6.45) is 39.6. The Kier molecular flexibility index (Phi) is 25.8. The van der Waals surface area contributed by atoms with Crippen LogP contribution in [-0.2, 0) is 4.79 Å². The first-order chi connectivity index (χ1) is 18.8. The summed E-state index contributed by atoms with van der Waals surface area (Å²) in [4.78, 5) is 11.8. The fraction of sp³-hybridized carbons (Fsp3) is 0.750. The average Bonchev–Trinajstić information content (AvgIpc) is 2.93. The Labute approximate surface area is 237 Å². The molecule has 1 aromatic carbocycles. The van der Waals surface area contributed by atoms with Crippen molar-refractivity contribution >= 4 is 5.97 Å². The second-order valence-corrected chi connectivity index (χ2v) is 11.4. The number of carbonyl (C=O) groups excluding carboxylic acids is 1. The van der Waals surface area contributed by atoms with E-state index in [4.69, 9.17) is 4.74 Å². The van der Waals surface area contributed by atoms with Crippen molar-refractivity contribution in [2.24, 2.45) is 0 Å². The van der Waals surface area contributed by atoms with E-state index in [9.17, 15) is 4.79 Å². The molecule has 0 saturated heterocycles. The zero-order chi connectivity index (χ0) is 27.2. The van der Waals surface area contributed by atoms with E-state index in [1.807, 2.05) is 30.3 Å². The molecule has 0 spiro atoms. The van der Waals surface area contributed by atoms with Gasteiger partial charge in [-0.2, -0.15) is 0 Å². The quantitative estimate of drug-likeness (QED) is 0.0469. The normalized spacial score (nSPS) is 11.4. The number of ether oxygens (including phenoxy) is 1. The summed E-state index contributed by atoms with van der Waals surface area (Å²) in [5.41, 5.74) is 0. The third-order valence-corrected chi connectivity index (χ3v) is 7.63. The highest BCUT2D eigenvalue weighted by molar-refractivity contribution is 5.72. The molecular formula is C36H62O2. The highest BCUT2D eigenvalue weighted by Crippen LogP contribution is 2.16. The van der Waals surface area contributed by atoms with E-state index >= 15 is 0 Å². The number of hydrogen-bond acceptors (Lipinski definition) is 2. The number of rotatable bonds is 28. The highest BCUT2D eigenvalue weighted by Gasteiger charge is 2.02. The van der Waals surface area contributed by atoms with Gasteiger partial charge in [-0.1, -0.05) is 179 Å². The zero-order valence-electron chi connectivity index (χ0n) is 25.2. The van der Waals surface area contributed by atoms with E-state index < -0.39 is 0 Å². The van der Waals surface area contributed by atoms with Gasteiger partial charge >= 0.3 is 5.97 Å². The van der Waals surface area contributed by atoms with Crippen LogP contribution in [0.2, 0.25) is 0 Å². The topological polar surface area (TPSA) is 26.3 Å². The van der Waals surface area contributed by atoms with Crippen molar-refractivity contribution < 1.29 is 9.53 Å². The SMILES string of the molecule is CCCCCCCCCCCCCCCCCCCCCCCCC/C=C/CCC(=O)Oc1ccccc1. The molecular weight excluding hydrogens is 464 g/mol. The number of benzene rings is 1. The zero-order valence-corrected chi connectivity index (χ0v) is 25.2. The molecule has 218 valence electrons. The van der Waals surface area contributed by atoms with Crippen LogP contribution in [0.4, 0.5) is 0 Å². The first kappa shape index (κ1) is 34.5. The molecule has 2 nitrogen and oxygen atoms in total. The fourth-order valence-electron chi connectivity index (χ4n) is 5.16. The molecule has 0 atom stereocenters. The maximum Gasteiger partial charge on any atom is 0.311 e. The maximum atomic E-state index is 11.8. The molecule has 0 unspecified atom stereocenters. The molecule has 0 aliphatic carbocycles. The molecule has 0 amide bonds. The van der Waals surface area contributed by atoms with Crippen LogP contribution in [0, 0.1) is 0 Å². The van der Waals surface area contributed by atoms with Gasteiger partial charge in [0, 0.05) is 6.42 Å². The van der Waals surface area contributed by atoms with Gasteiger partial charge in [0.15, 0.2) is 0 Å². The summed E-state index contributed by atoms with van der Waals surface area (Å²) >= 11 is 0. The van der Waals surface area contributed by atoms with Crippen molar-refractivity contribution in [2.75, 3.05) is 0 Å². The molecule has 1 aromatic rings. The van der Waals surface area contributed by atoms with E-state index in [0.29, 0.717) is 12.2 Å². The second-order valence-electron chi connectivity index (χ2n) is 11.4. The Morgan fingerprint density at radius 1 is 0.526 bits per heavy atom. The smallest absolute Gasteiger partial charge is 0.311 e. The van der Waals surface area contributed by atoms with Gasteiger partial charge in [0.25, 0.3) is 0 Å². The standard InChI is InChI=1S/C36H62O2/c1-2-3-4-5-6-7-8-9-10-11-12-13-14-15-16-17-18-19-20-21-22-23-24-25-26-27-31-34-36(37)38-35-32-29-28-30-33-35/h26-30,32-33H,2-25,31,34H2,1H3/b27-26+. The minimum Gasteiger partial charge on any atom is -0.427 e. The molecule has 0 saturated carbocycles. The lowest BCUT2D eigenvalue weighted by Crippen LogP contribution is -2.06. The van der Waals surface area contributed by atoms with Crippen LogP contribution in [0.25, 0.3) is 0 Å². The molecule has 2 heteroatoms. The summed E-state index contributed by atoms with van der Waals surface area (Å²) < 4.78 is 5.30. The molecule has 0 radical (unpaired) electrons. The summed E-state index contributed by atoms with van der Waals surface area (Å²) in [5.74, 6) is 0.479. The van der Waals surface area contributed by atoms with Crippen LogP contribution in [0.15, 0.2) is 42.5 Å². The summed E-state index contributed by atoms with van der Waals surface area (Å²) in [7, 11) is 0. The number of unbranched alkanes of at least 4 members (excludes halogenated alkanes) is 23. The first-order valence-electron chi connectivity index (χ1n) is 16.7. The van der Waals surface area contributed by atoms with E-state index in [1.54, 1.807) is 0 Å². The van der Waals surface area contributed by atoms with Gasteiger partial charge in [0.05, 0.1) is 0 Å². The number of allylic oxidation sites excluding steroid dienone is 2. The Balaban J connectivity index is 1.69. The van der Waals surface area contributed by atoms with Crippen molar-refractivity contribution in [2.45, 2.75) is 174 Å². The maximum absolute atomic E-state index is 11.8. The molecule has 0 fully saturated rings. The Morgan fingerprint density at radius 3 is 1.32 bits per heavy atom. The van der Waals surface area contributed by atoms with Crippen molar-refractivity contribution in [1.82, 2.24) is 0 Å². The van der Waals surface area contributed by atoms with Crippen molar-refractivity contribution in [3.63, 3.8) is 0 Å². The fourth-order valence-corrected chi connectivity index (χ4v) is 5.16.